The monoisotopic (exact) mass is 442 g/mol. The number of nitrogens with one attached hydrogen (secondary N) is 1. The van der Waals surface area contributed by atoms with Crippen molar-refractivity contribution in [3.63, 3.8) is 0 Å². The summed E-state index contributed by atoms with van der Waals surface area (Å²) in [4.78, 5) is 13.3. The molecule has 0 spiro atoms. The van der Waals surface area contributed by atoms with E-state index in [0.717, 1.165) is 36.6 Å². The van der Waals surface area contributed by atoms with Crippen LogP contribution < -0.4 is 9.62 Å². The minimum absolute atomic E-state index is 0.145. The zero-order chi connectivity index (χ0) is 22.6. The van der Waals surface area contributed by atoms with E-state index in [1.54, 1.807) is 12.1 Å². The largest absolute Gasteiger partial charge is 0.347 e. The van der Waals surface area contributed by atoms with E-state index in [0.29, 0.717) is 12.1 Å². The van der Waals surface area contributed by atoms with Crippen molar-refractivity contribution in [3.05, 3.63) is 64.7 Å². The summed E-state index contributed by atoms with van der Waals surface area (Å²) in [5.74, 6) is -0.266. The summed E-state index contributed by atoms with van der Waals surface area (Å²) in [5.41, 5.74) is 5.42. The fraction of sp³-hybridized carbons (Fsp3) is 0.480. The summed E-state index contributed by atoms with van der Waals surface area (Å²) < 4.78 is 26.6. The number of rotatable bonds is 8. The van der Waals surface area contributed by atoms with Gasteiger partial charge >= 0.3 is 0 Å². The van der Waals surface area contributed by atoms with Gasteiger partial charge in [-0.05, 0) is 74.3 Å². The second kappa shape index (κ2) is 9.86. The molecular formula is C25H34N2O3S. The highest BCUT2D eigenvalue weighted by Gasteiger charge is 2.32. The molecule has 1 aliphatic carbocycles. The molecule has 2 aromatic rings. The van der Waals surface area contributed by atoms with Crippen LogP contribution in [0, 0.1) is 6.92 Å². The van der Waals surface area contributed by atoms with Crippen molar-refractivity contribution >= 4 is 21.6 Å². The molecule has 0 saturated heterocycles. The number of hydrogen-bond donors (Lipinski definition) is 1. The Balaban J connectivity index is 1.86. The Labute approximate surface area is 186 Å². The number of fused-ring (bicyclic) bond motifs is 1. The van der Waals surface area contributed by atoms with E-state index in [1.807, 2.05) is 32.9 Å². The standard InChI is InChI=1S/C25H34N2O3S/c1-5-23(21-14-13-19-9-7-8-10-20(19)17-21)26-25(28)24(6-2)27(31(4,29)30)22-15-11-18(3)12-16-22/h11-17,23-24H,5-10H2,1-4H3,(H,26,28). The maximum atomic E-state index is 13.3. The SMILES string of the molecule is CCC(NC(=O)C(CC)N(c1ccc(C)cc1)S(C)(=O)=O)c1ccc2c(c1)CCCC2. The molecule has 0 heterocycles. The highest BCUT2D eigenvalue weighted by atomic mass is 32.2. The molecular weight excluding hydrogens is 408 g/mol. The first-order valence-electron chi connectivity index (χ1n) is 11.2. The molecule has 6 heteroatoms. The zero-order valence-corrected chi connectivity index (χ0v) is 19.8. The van der Waals surface area contributed by atoms with Crippen molar-refractivity contribution in [2.45, 2.75) is 71.4 Å². The number of hydrogen-bond acceptors (Lipinski definition) is 3. The topological polar surface area (TPSA) is 66.5 Å². The summed E-state index contributed by atoms with van der Waals surface area (Å²) in [6.07, 6.45) is 6.93. The third kappa shape index (κ3) is 5.48. The Morgan fingerprint density at radius 2 is 1.65 bits per heavy atom. The number of aryl methyl sites for hydroxylation is 3. The molecule has 0 aromatic heterocycles. The van der Waals surface area contributed by atoms with E-state index in [1.165, 1.54) is 28.3 Å². The lowest BCUT2D eigenvalue weighted by Crippen LogP contribution is -2.50. The summed E-state index contributed by atoms with van der Waals surface area (Å²) in [7, 11) is -3.63. The van der Waals surface area contributed by atoms with Gasteiger partial charge in [-0.3, -0.25) is 9.10 Å². The second-order valence-electron chi connectivity index (χ2n) is 8.52. The fourth-order valence-corrected chi connectivity index (χ4v) is 5.62. The van der Waals surface area contributed by atoms with Gasteiger partial charge in [0.1, 0.15) is 6.04 Å². The Morgan fingerprint density at radius 3 is 2.23 bits per heavy atom. The molecule has 168 valence electrons. The maximum absolute atomic E-state index is 13.3. The van der Waals surface area contributed by atoms with Crippen LogP contribution in [-0.4, -0.2) is 26.6 Å². The quantitative estimate of drug-likeness (QED) is 0.645. The number of nitrogens with zero attached hydrogens (tertiary/aromatic N) is 1. The van der Waals surface area contributed by atoms with Gasteiger partial charge in [0.05, 0.1) is 18.0 Å². The van der Waals surface area contributed by atoms with Gasteiger partial charge in [-0.15, -0.1) is 0 Å². The minimum Gasteiger partial charge on any atom is -0.347 e. The predicted octanol–water partition coefficient (Wildman–Crippen LogP) is 4.69. The summed E-state index contributed by atoms with van der Waals surface area (Å²) >= 11 is 0. The summed E-state index contributed by atoms with van der Waals surface area (Å²) in [5, 5.41) is 3.13. The third-order valence-corrected chi connectivity index (χ3v) is 7.30. The van der Waals surface area contributed by atoms with Gasteiger partial charge in [-0.1, -0.05) is 49.7 Å². The fourth-order valence-electron chi connectivity index (χ4n) is 4.41. The summed E-state index contributed by atoms with van der Waals surface area (Å²) in [6, 6.07) is 12.8. The van der Waals surface area contributed by atoms with Crippen molar-refractivity contribution < 1.29 is 13.2 Å². The van der Waals surface area contributed by atoms with Crippen molar-refractivity contribution in [1.29, 1.82) is 0 Å². The number of carbonyl (C=O) groups excluding carboxylic acids is 1. The number of anilines is 1. The lowest BCUT2D eigenvalue weighted by atomic mass is 9.88. The highest BCUT2D eigenvalue weighted by molar-refractivity contribution is 7.92. The normalized spacial score (nSPS) is 15.6. The lowest BCUT2D eigenvalue weighted by molar-refractivity contribution is -0.123. The zero-order valence-electron chi connectivity index (χ0n) is 19.0. The molecule has 0 aliphatic heterocycles. The number of carbonyl (C=O) groups is 1. The Hall–Kier alpha value is -2.34. The molecule has 2 unspecified atom stereocenters. The first-order valence-corrected chi connectivity index (χ1v) is 13.1. The van der Waals surface area contributed by atoms with Crippen molar-refractivity contribution in [1.82, 2.24) is 5.32 Å². The van der Waals surface area contributed by atoms with Crippen LogP contribution >= 0.6 is 0 Å². The Morgan fingerprint density at radius 1 is 1.00 bits per heavy atom. The Bertz CT molecular complexity index is 1020. The van der Waals surface area contributed by atoms with Gasteiger partial charge in [0.25, 0.3) is 0 Å². The molecule has 0 bridgehead atoms. The van der Waals surface area contributed by atoms with Crippen LogP contribution in [0.2, 0.25) is 0 Å². The van der Waals surface area contributed by atoms with Gasteiger partial charge in [0, 0.05) is 0 Å². The number of amides is 1. The molecule has 0 saturated carbocycles. The number of benzene rings is 2. The minimum atomic E-state index is -3.63. The molecule has 1 amide bonds. The van der Waals surface area contributed by atoms with E-state index < -0.39 is 16.1 Å². The first kappa shape index (κ1) is 23.3. The molecule has 2 aromatic carbocycles. The predicted molar refractivity (Wildman–Crippen MR) is 127 cm³/mol. The van der Waals surface area contributed by atoms with Crippen molar-refractivity contribution in [3.8, 4) is 0 Å². The average Bonchev–Trinajstić information content (AvgIpc) is 2.75. The van der Waals surface area contributed by atoms with Crippen LogP contribution in [-0.2, 0) is 27.7 Å². The highest BCUT2D eigenvalue weighted by Crippen LogP contribution is 2.27. The molecule has 1 N–H and O–H groups in total. The number of sulfonamides is 1. The van der Waals surface area contributed by atoms with Crippen LogP contribution in [0.15, 0.2) is 42.5 Å². The van der Waals surface area contributed by atoms with E-state index in [2.05, 4.69) is 23.5 Å². The van der Waals surface area contributed by atoms with Crippen LogP contribution in [0.4, 0.5) is 5.69 Å². The molecule has 1 aliphatic rings. The van der Waals surface area contributed by atoms with Crippen LogP contribution in [0.3, 0.4) is 0 Å². The molecule has 0 fully saturated rings. The Kier molecular flexibility index (Phi) is 7.42. The average molecular weight is 443 g/mol. The summed E-state index contributed by atoms with van der Waals surface area (Å²) in [6.45, 7) is 5.83. The van der Waals surface area contributed by atoms with Gasteiger partial charge < -0.3 is 5.32 Å². The van der Waals surface area contributed by atoms with Gasteiger partial charge in [-0.25, -0.2) is 8.42 Å². The smallest absolute Gasteiger partial charge is 0.244 e. The van der Waals surface area contributed by atoms with E-state index in [9.17, 15) is 13.2 Å². The second-order valence-corrected chi connectivity index (χ2v) is 10.4. The van der Waals surface area contributed by atoms with Crippen molar-refractivity contribution in [2.24, 2.45) is 0 Å². The first-order chi connectivity index (χ1) is 14.7. The van der Waals surface area contributed by atoms with E-state index in [-0.39, 0.29) is 11.9 Å². The van der Waals surface area contributed by atoms with Gasteiger partial charge in [0.2, 0.25) is 15.9 Å². The molecule has 0 radical (unpaired) electrons. The van der Waals surface area contributed by atoms with Gasteiger partial charge in [0.15, 0.2) is 0 Å². The van der Waals surface area contributed by atoms with Crippen LogP contribution in [0.5, 0.6) is 0 Å². The van der Waals surface area contributed by atoms with Crippen LogP contribution in [0.25, 0.3) is 0 Å². The van der Waals surface area contributed by atoms with Crippen molar-refractivity contribution in [2.75, 3.05) is 10.6 Å². The maximum Gasteiger partial charge on any atom is 0.244 e. The lowest BCUT2D eigenvalue weighted by Gasteiger charge is -2.31. The van der Waals surface area contributed by atoms with E-state index in [4.69, 9.17) is 0 Å². The molecule has 2 atom stereocenters. The van der Waals surface area contributed by atoms with Gasteiger partial charge in [-0.2, -0.15) is 0 Å². The molecule has 31 heavy (non-hydrogen) atoms. The van der Waals surface area contributed by atoms with Crippen LogP contribution in [0.1, 0.15) is 67.8 Å². The van der Waals surface area contributed by atoms with E-state index >= 15 is 0 Å². The molecule has 3 rings (SSSR count). The molecule has 5 nitrogen and oxygen atoms in total. The third-order valence-electron chi connectivity index (χ3n) is 6.12.